The normalized spacial score (nSPS) is 21.3. The number of nitriles is 1. The second-order valence-corrected chi connectivity index (χ2v) is 11.2. The molecular formula is C28H27F3N4O4. The van der Waals surface area contributed by atoms with Gasteiger partial charge in [0.15, 0.2) is 11.6 Å². The van der Waals surface area contributed by atoms with Gasteiger partial charge in [-0.15, -0.1) is 0 Å². The molecule has 4 atom stereocenters. The van der Waals surface area contributed by atoms with Crippen LogP contribution in [0.1, 0.15) is 45.6 Å². The molecule has 5 rings (SSSR count). The molecule has 2 fully saturated rings. The van der Waals surface area contributed by atoms with E-state index >= 15 is 4.39 Å². The molecule has 1 aliphatic carbocycles. The van der Waals surface area contributed by atoms with Gasteiger partial charge in [0.1, 0.15) is 23.5 Å². The van der Waals surface area contributed by atoms with Gasteiger partial charge in [-0.05, 0) is 81.2 Å². The van der Waals surface area contributed by atoms with Crippen LogP contribution in [0.4, 0.5) is 18.0 Å². The lowest BCUT2D eigenvalue weighted by atomic mass is 9.96. The summed E-state index contributed by atoms with van der Waals surface area (Å²) in [6, 6.07) is 4.28. The number of fused-ring (bicyclic) bond motifs is 5. The molecule has 1 saturated heterocycles. The Bertz CT molecular complexity index is 1610. The van der Waals surface area contributed by atoms with Gasteiger partial charge in [-0.2, -0.15) is 5.26 Å². The van der Waals surface area contributed by atoms with E-state index < -0.39 is 52.7 Å². The average molecular weight is 541 g/mol. The van der Waals surface area contributed by atoms with Gasteiger partial charge in [-0.25, -0.2) is 18.0 Å². The van der Waals surface area contributed by atoms with E-state index in [2.05, 4.69) is 10.3 Å². The van der Waals surface area contributed by atoms with Crippen molar-refractivity contribution in [3.63, 3.8) is 0 Å². The van der Waals surface area contributed by atoms with E-state index in [1.165, 1.54) is 17.0 Å². The lowest BCUT2D eigenvalue weighted by molar-refractivity contribution is -0.128. The van der Waals surface area contributed by atoms with Crippen molar-refractivity contribution < 1.29 is 27.5 Å². The summed E-state index contributed by atoms with van der Waals surface area (Å²) < 4.78 is 48.5. The Morgan fingerprint density at radius 2 is 1.90 bits per heavy atom. The highest BCUT2D eigenvalue weighted by Gasteiger charge is 2.52. The Morgan fingerprint density at radius 1 is 1.15 bits per heavy atom. The van der Waals surface area contributed by atoms with Crippen molar-refractivity contribution in [3.8, 4) is 6.07 Å². The van der Waals surface area contributed by atoms with Crippen molar-refractivity contribution in [1.29, 1.82) is 5.26 Å². The van der Waals surface area contributed by atoms with E-state index in [4.69, 9.17) is 4.74 Å². The Labute approximate surface area is 221 Å². The lowest BCUT2D eigenvalue weighted by Crippen LogP contribution is -2.55. The highest BCUT2D eigenvalue weighted by atomic mass is 19.2. The molecule has 11 heteroatoms. The van der Waals surface area contributed by atoms with Crippen LogP contribution in [0.2, 0.25) is 0 Å². The summed E-state index contributed by atoms with van der Waals surface area (Å²) in [6.45, 7) is 5.21. The second kappa shape index (κ2) is 9.59. The third-order valence-corrected chi connectivity index (χ3v) is 7.41. The number of hydrogen-bond donors (Lipinski definition) is 2. The van der Waals surface area contributed by atoms with Gasteiger partial charge in [-0.3, -0.25) is 14.5 Å². The minimum atomic E-state index is -1.25. The van der Waals surface area contributed by atoms with Gasteiger partial charge in [0.05, 0.1) is 11.6 Å². The molecular weight excluding hydrogens is 513 g/mol. The molecule has 2 N–H and O–H groups in total. The van der Waals surface area contributed by atoms with Crippen LogP contribution in [0, 0.1) is 34.7 Å². The smallest absolute Gasteiger partial charge is 0.411 e. The number of H-pyrrole nitrogens is 1. The zero-order valence-electron chi connectivity index (χ0n) is 21.6. The van der Waals surface area contributed by atoms with Crippen molar-refractivity contribution in [2.75, 3.05) is 0 Å². The fourth-order valence-corrected chi connectivity index (χ4v) is 5.77. The molecule has 39 heavy (non-hydrogen) atoms. The fourth-order valence-electron chi connectivity index (χ4n) is 5.77. The van der Waals surface area contributed by atoms with E-state index in [0.29, 0.717) is 6.42 Å². The number of benzene rings is 2. The van der Waals surface area contributed by atoms with Crippen LogP contribution in [0.25, 0.3) is 21.7 Å². The Morgan fingerprint density at radius 3 is 2.59 bits per heavy atom. The van der Waals surface area contributed by atoms with Crippen LogP contribution < -0.4 is 10.9 Å². The molecule has 204 valence electrons. The maximum Gasteiger partial charge on any atom is 0.411 e. The number of pyridine rings is 1. The maximum absolute atomic E-state index is 15.2. The number of amides is 2. The summed E-state index contributed by atoms with van der Waals surface area (Å²) in [7, 11) is 0. The number of nitrogens with zero attached hydrogens (tertiary/aromatic N) is 2. The highest BCUT2D eigenvalue weighted by molar-refractivity contribution is 6.05. The molecule has 0 unspecified atom stereocenters. The zero-order chi connectivity index (χ0) is 28.2. The van der Waals surface area contributed by atoms with Gasteiger partial charge < -0.3 is 15.0 Å². The average Bonchev–Trinajstić information content (AvgIpc) is 3.48. The van der Waals surface area contributed by atoms with Gasteiger partial charge in [-0.1, -0.05) is 0 Å². The van der Waals surface area contributed by atoms with E-state index in [0.717, 1.165) is 25.0 Å². The minimum absolute atomic E-state index is 0.0151. The van der Waals surface area contributed by atoms with Crippen molar-refractivity contribution >= 4 is 33.7 Å². The molecule has 1 saturated carbocycles. The largest absolute Gasteiger partial charge is 0.444 e. The number of aromatic nitrogens is 1. The molecule has 0 spiro atoms. The summed E-state index contributed by atoms with van der Waals surface area (Å²) in [6.07, 6.45) is 1.34. The molecule has 2 bridgehead atoms. The van der Waals surface area contributed by atoms with Crippen LogP contribution in [0.3, 0.4) is 0 Å². The summed E-state index contributed by atoms with van der Waals surface area (Å²) >= 11 is 0. The second-order valence-electron chi connectivity index (χ2n) is 11.2. The van der Waals surface area contributed by atoms with Crippen LogP contribution in [-0.4, -0.2) is 45.6 Å². The fraction of sp³-hybridized carbons (Fsp3) is 0.429. The quantitative estimate of drug-likeness (QED) is 0.475. The number of carbonyl (C=O) groups is 2. The number of nitrogens with one attached hydrogen (secondary N) is 2. The number of likely N-dealkylation sites (tertiary alicyclic amines) is 1. The third-order valence-electron chi connectivity index (χ3n) is 7.41. The molecule has 1 aromatic heterocycles. The molecule has 8 nitrogen and oxygen atoms in total. The molecule has 0 radical (unpaired) electrons. The standard InChI is InChI=1S/C28H27F3N4O4/c1-28(2,3)39-27(38)35-16-5-4-13(9-16)24(35)26(37)33-15(12-32)8-14-10-19-18(11-21(14)30)17-6-7-20(29)22(31)23(17)34-25(19)36/h6-7,10-11,13,15-16,24H,4-5,8-9H2,1-3H3,(H,33,37)(H,34,36)/t13-,15-,16+,24-/m0/s1. The number of halogens is 3. The number of aromatic amines is 1. The van der Waals surface area contributed by atoms with Gasteiger partial charge in [0.2, 0.25) is 5.91 Å². The van der Waals surface area contributed by atoms with Crippen molar-refractivity contribution in [2.45, 2.75) is 70.2 Å². The number of piperidine rings is 1. The van der Waals surface area contributed by atoms with Crippen LogP contribution in [0.15, 0.2) is 29.1 Å². The first kappa shape index (κ1) is 26.5. The summed E-state index contributed by atoms with van der Waals surface area (Å²) in [4.78, 5) is 42.6. The van der Waals surface area contributed by atoms with Gasteiger partial charge >= 0.3 is 6.09 Å². The molecule has 2 aromatic carbocycles. The van der Waals surface area contributed by atoms with Crippen molar-refractivity contribution in [3.05, 3.63) is 57.6 Å². The molecule has 2 amide bonds. The first-order valence-electron chi connectivity index (χ1n) is 12.7. The van der Waals surface area contributed by atoms with E-state index in [1.54, 1.807) is 20.8 Å². The number of rotatable bonds is 4. The minimum Gasteiger partial charge on any atom is -0.444 e. The summed E-state index contributed by atoms with van der Waals surface area (Å²) in [5.41, 5.74) is -1.89. The molecule has 2 aliphatic rings. The molecule has 2 heterocycles. The maximum atomic E-state index is 15.2. The van der Waals surface area contributed by atoms with Gasteiger partial charge in [0.25, 0.3) is 5.56 Å². The monoisotopic (exact) mass is 540 g/mol. The van der Waals surface area contributed by atoms with Crippen molar-refractivity contribution in [1.82, 2.24) is 15.2 Å². The van der Waals surface area contributed by atoms with Gasteiger partial charge in [0, 0.05) is 23.2 Å². The lowest BCUT2D eigenvalue weighted by Gasteiger charge is -2.35. The molecule has 3 aromatic rings. The number of ether oxygens (including phenoxy) is 1. The first-order chi connectivity index (χ1) is 18.4. The predicted molar refractivity (Wildman–Crippen MR) is 136 cm³/mol. The Balaban J connectivity index is 1.40. The highest BCUT2D eigenvalue weighted by Crippen LogP contribution is 2.43. The van der Waals surface area contributed by atoms with E-state index in [9.17, 15) is 28.4 Å². The predicted octanol–water partition coefficient (Wildman–Crippen LogP) is 4.44. The number of carbonyl (C=O) groups excluding carboxylic acids is 2. The summed E-state index contributed by atoms with van der Waals surface area (Å²) in [5.74, 6) is -3.77. The molecule has 1 aliphatic heterocycles. The third kappa shape index (κ3) is 4.80. The SMILES string of the molecule is CC(C)(C)OC(=O)N1[C@@H]2CC[C@@H](C2)[C@H]1C(=O)N[C@H](C#N)Cc1cc2c(=O)[nH]c3c(F)c(F)ccc3c2cc1F. The topological polar surface area (TPSA) is 115 Å². The van der Waals surface area contributed by atoms with E-state index in [1.807, 2.05) is 6.07 Å². The van der Waals surface area contributed by atoms with Crippen LogP contribution >= 0.6 is 0 Å². The van der Waals surface area contributed by atoms with Crippen LogP contribution in [0.5, 0.6) is 0 Å². The zero-order valence-corrected chi connectivity index (χ0v) is 21.6. The van der Waals surface area contributed by atoms with Crippen molar-refractivity contribution in [2.24, 2.45) is 5.92 Å². The Hall–Kier alpha value is -4.07. The Kier molecular flexibility index (Phi) is 6.53. The summed E-state index contributed by atoms with van der Waals surface area (Å²) in [5, 5.41) is 12.6. The van der Waals surface area contributed by atoms with Crippen LogP contribution in [-0.2, 0) is 16.0 Å². The number of hydrogen-bond acceptors (Lipinski definition) is 5. The van der Waals surface area contributed by atoms with E-state index in [-0.39, 0.29) is 45.6 Å². The first-order valence-corrected chi connectivity index (χ1v) is 12.7.